The van der Waals surface area contributed by atoms with Gasteiger partial charge in [-0.25, -0.2) is 4.39 Å². The van der Waals surface area contributed by atoms with Crippen LogP contribution in [0.1, 0.15) is 31.4 Å². The molecule has 1 aromatic carbocycles. The fourth-order valence-corrected chi connectivity index (χ4v) is 1.70. The van der Waals surface area contributed by atoms with Gasteiger partial charge < -0.3 is 0 Å². The molecule has 2 radical (unpaired) electrons. The molecule has 0 aromatic heterocycles. The Labute approximate surface area is 91.1 Å². The van der Waals surface area contributed by atoms with Gasteiger partial charge in [-0.1, -0.05) is 25.4 Å². The van der Waals surface area contributed by atoms with Crippen molar-refractivity contribution in [2.45, 2.75) is 33.1 Å². The van der Waals surface area contributed by atoms with Crippen molar-refractivity contribution in [1.82, 2.24) is 0 Å². The summed E-state index contributed by atoms with van der Waals surface area (Å²) in [6, 6.07) is 3.03. The Morgan fingerprint density at radius 1 is 1.27 bits per heavy atom. The lowest BCUT2D eigenvalue weighted by molar-refractivity contribution is -0.118. The number of halogens is 1. The maximum Gasteiger partial charge on any atom is 0.137 e. The zero-order valence-corrected chi connectivity index (χ0v) is 9.14. The highest BCUT2D eigenvalue weighted by Gasteiger charge is 2.18. The number of fused-ring (bicyclic) bond motifs is 1. The number of hydrogen-bond donors (Lipinski definition) is 0. The summed E-state index contributed by atoms with van der Waals surface area (Å²) < 4.78 is 13.3. The lowest BCUT2D eigenvalue weighted by Crippen LogP contribution is -2.18. The number of carbonyl (C=O) groups is 1. The van der Waals surface area contributed by atoms with Gasteiger partial charge in [0.25, 0.3) is 0 Å². The Morgan fingerprint density at radius 3 is 2.60 bits per heavy atom. The number of Topliss-reactive ketones (excluding diaryl/α,β-unsaturated/α-hetero) is 1. The standard InChI is InChI=1S/C10H8BFO.C2H6/c11-7-3-6-1-2-8(13)5-9(6)10(12)4-7;1-2/h3-4H,1-2,5H2;1-2H3. The van der Waals surface area contributed by atoms with Crippen molar-refractivity contribution in [1.29, 1.82) is 0 Å². The molecule has 2 rings (SSSR count). The van der Waals surface area contributed by atoms with E-state index in [-0.39, 0.29) is 18.0 Å². The van der Waals surface area contributed by atoms with E-state index in [0.717, 1.165) is 5.56 Å². The maximum atomic E-state index is 13.3. The first kappa shape index (κ1) is 12.0. The third kappa shape index (κ3) is 2.68. The van der Waals surface area contributed by atoms with Gasteiger partial charge in [-0.2, -0.15) is 0 Å². The van der Waals surface area contributed by atoms with Crippen LogP contribution in [0.25, 0.3) is 0 Å². The molecule has 0 spiro atoms. The largest absolute Gasteiger partial charge is 0.299 e. The highest BCUT2D eigenvalue weighted by Crippen LogP contribution is 2.20. The van der Waals surface area contributed by atoms with Gasteiger partial charge in [0, 0.05) is 12.8 Å². The second-order valence-corrected chi connectivity index (χ2v) is 3.36. The summed E-state index contributed by atoms with van der Waals surface area (Å²) in [6.07, 6.45) is 1.35. The van der Waals surface area contributed by atoms with Crippen molar-refractivity contribution in [2.75, 3.05) is 0 Å². The maximum absolute atomic E-state index is 13.3. The fourth-order valence-electron chi connectivity index (χ4n) is 1.70. The van der Waals surface area contributed by atoms with Crippen LogP contribution in [0.2, 0.25) is 0 Å². The third-order valence-electron chi connectivity index (χ3n) is 2.36. The zero-order valence-electron chi connectivity index (χ0n) is 9.14. The molecule has 0 heterocycles. The Balaban J connectivity index is 0.000000531. The molecule has 0 atom stereocenters. The number of hydrogen-bond acceptors (Lipinski definition) is 1. The van der Waals surface area contributed by atoms with Gasteiger partial charge in [-0.3, -0.25) is 4.79 Å². The van der Waals surface area contributed by atoms with Gasteiger partial charge in [0.1, 0.15) is 19.4 Å². The second-order valence-electron chi connectivity index (χ2n) is 3.36. The summed E-state index contributed by atoms with van der Waals surface area (Å²) in [6.45, 7) is 4.00. The highest BCUT2D eigenvalue weighted by atomic mass is 19.1. The van der Waals surface area contributed by atoms with Crippen molar-refractivity contribution < 1.29 is 9.18 Å². The third-order valence-corrected chi connectivity index (χ3v) is 2.36. The summed E-state index contributed by atoms with van der Waals surface area (Å²) >= 11 is 0. The van der Waals surface area contributed by atoms with Crippen LogP contribution >= 0.6 is 0 Å². The molecule has 1 aliphatic rings. The average Bonchev–Trinajstić information content (AvgIpc) is 2.22. The molecular weight excluding hydrogens is 190 g/mol. The van der Waals surface area contributed by atoms with Crippen LogP contribution in [0.3, 0.4) is 0 Å². The van der Waals surface area contributed by atoms with Gasteiger partial charge in [-0.05, 0) is 23.6 Å². The van der Waals surface area contributed by atoms with Crippen LogP contribution in [0.4, 0.5) is 4.39 Å². The Kier molecular flexibility index (Phi) is 4.07. The molecular formula is C12H14BFO. The van der Waals surface area contributed by atoms with E-state index in [1.807, 2.05) is 13.8 Å². The van der Waals surface area contributed by atoms with Crippen molar-refractivity contribution in [3.63, 3.8) is 0 Å². The van der Waals surface area contributed by atoms with Crippen LogP contribution in [0, 0.1) is 5.82 Å². The molecule has 0 fully saturated rings. The summed E-state index contributed by atoms with van der Waals surface area (Å²) in [5, 5.41) is 0. The van der Waals surface area contributed by atoms with Crippen molar-refractivity contribution in [3.8, 4) is 0 Å². The first-order valence-corrected chi connectivity index (χ1v) is 5.25. The SMILES string of the molecule is CC.[B]c1cc(F)c2c(c1)CCC(=O)C2. The van der Waals surface area contributed by atoms with Gasteiger partial charge in [0.05, 0.1) is 0 Å². The molecule has 0 saturated heterocycles. The molecule has 1 aliphatic carbocycles. The average molecular weight is 204 g/mol. The van der Waals surface area contributed by atoms with E-state index in [9.17, 15) is 9.18 Å². The summed E-state index contributed by atoms with van der Waals surface area (Å²) in [5.41, 5.74) is 1.85. The van der Waals surface area contributed by atoms with E-state index in [1.54, 1.807) is 6.07 Å². The van der Waals surface area contributed by atoms with Crippen molar-refractivity contribution >= 4 is 19.1 Å². The Morgan fingerprint density at radius 2 is 1.93 bits per heavy atom. The quantitative estimate of drug-likeness (QED) is 0.588. The fraction of sp³-hybridized carbons (Fsp3) is 0.417. The Hall–Kier alpha value is -1.12. The number of ketones is 1. The molecule has 1 aromatic rings. The topological polar surface area (TPSA) is 17.1 Å². The summed E-state index contributed by atoms with van der Waals surface area (Å²) in [5.74, 6) is -0.237. The first-order chi connectivity index (χ1) is 7.16. The van der Waals surface area contributed by atoms with E-state index in [4.69, 9.17) is 7.85 Å². The van der Waals surface area contributed by atoms with Gasteiger partial charge in [0.2, 0.25) is 0 Å². The molecule has 15 heavy (non-hydrogen) atoms. The number of benzene rings is 1. The molecule has 3 heteroatoms. The van der Waals surface area contributed by atoms with Crippen LogP contribution in [0.15, 0.2) is 12.1 Å². The number of rotatable bonds is 0. The normalized spacial score (nSPS) is 13.9. The predicted octanol–water partition coefficient (Wildman–Crippen LogP) is 1.70. The highest BCUT2D eigenvalue weighted by molar-refractivity contribution is 6.32. The van der Waals surface area contributed by atoms with Crippen molar-refractivity contribution in [2.24, 2.45) is 0 Å². The minimum atomic E-state index is -0.344. The number of aryl methyl sites for hydroxylation is 1. The van der Waals surface area contributed by atoms with Crippen molar-refractivity contribution in [3.05, 3.63) is 29.1 Å². The van der Waals surface area contributed by atoms with E-state index < -0.39 is 0 Å². The molecule has 0 amide bonds. The monoisotopic (exact) mass is 204 g/mol. The molecule has 78 valence electrons. The van der Waals surface area contributed by atoms with E-state index >= 15 is 0 Å². The zero-order chi connectivity index (χ0) is 11.4. The molecule has 1 nitrogen and oxygen atoms in total. The minimum absolute atomic E-state index is 0.108. The minimum Gasteiger partial charge on any atom is -0.299 e. The predicted molar refractivity (Wildman–Crippen MR) is 60.2 cm³/mol. The van der Waals surface area contributed by atoms with Crippen LogP contribution in [0.5, 0.6) is 0 Å². The van der Waals surface area contributed by atoms with E-state index in [0.29, 0.717) is 23.9 Å². The van der Waals surface area contributed by atoms with E-state index in [2.05, 4.69) is 0 Å². The molecule has 0 bridgehead atoms. The van der Waals surface area contributed by atoms with Gasteiger partial charge in [-0.15, -0.1) is 0 Å². The lowest BCUT2D eigenvalue weighted by atomic mass is 9.85. The summed E-state index contributed by atoms with van der Waals surface area (Å²) in [7, 11) is 5.49. The smallest absolute Gasteiger partial charge is 0.137 e. The van der Waals surface area contributed by atoms with Crippen LogP contribution < -0.4 is 5.46 Å². The Bertz CT molecular complexity index is 374. The molecule has 0 N–H and O–H groups in total. The van der Waals surface area contributed by atoms with Gasteiger partial charge >= 0.3 is 0 Å². The first-order valence-electron chi connectivity index (χ1n) is 5.25. The number of carbonyl (C=O) groups excluding carboxylic acids is 1. The lowest BCUT2D eigenvalue weighted by Gasteiger charge is -2.16. The van der Waals surface area contributed by atoms with Crippen LogP contribution in [-0.2, 0) is 17.6 Å². The second kappa shape index (κ2) is 5.10. The molecule has 0 unspecified atom stereocenters. The summed E-state index contributed by atoms with van der Waals surface area (Å²) in [4.78, 5) is 11.1. The van der Waals surface area contributed by atoms with E-state index in [1.165, 1.54) is 6.07 Å². The molecule has 0 aliphatic heterocycles. The van der Waals surface area contributed by atoms with Crippen LogP contribution in [-0.4, -0.2) is 13.6 Å². The molecule has 0 saturated carbocycles. The van der Waals surface area contributed by atoms with Gasteiger partial charge in [0.15, 0.2) is 0 Å².